The lowest BCUT2D eigenvalue weighted by Crippen LogP contribution is -2.52. The molecule has 0 unspecified atom stereocenters. The molecule has 0 aliphatic rings. The summed E-state index contributed by atoms with van der Waals surface area (Å²) in [6, 6.07) is 19.9. The monoisotopic (exact) mass is 618 g/mol. The molecule has 0 fully saturated rings. The van der Waals surface area contributed by atoms with Crippen molar-refractivity contribution >= 4 is 50.9 Å². The molecule has 0 saturated carbocycles. The van der Waals surface area contributed by atoms with Gasteiger partial charge in [-0.15, -0.1) is 0 Å². The Morgan fingerprint density at radius 2 is 1.66 bits per heavy atom. The number of nitrogens with zero attached hydrogens (tertiary/aromatic N) is 1. The second-order valence-corrected chi connectivity index (χ2v) is 11.2. The van der Waals surface area contributed by atoms with Gasteiger partial charge >= 0.3 is 0 Å². The van der Waals surface area contributed by atoms with Crippen molar-refractivity contribution in [3.05, 3.63) is 97.9 Å². The molecule has 0 aliphatic carbocycles. The summed E-state index contributed by atoms with van der Waals surface area (Å²) in [5.74, 6) is 0.295. The number of rotatable bonds is 12. The highest BCUT2D eigenvalue weighted by Gasteiger charge is 2.31. The van der Waals surface area contributed by atoms with E-state index in [9.17, 15) is 9.59 Å². The van der Waals surface area contributed by atoms with E-state index in [1.54, 1.807) is 23.1 Å². The Labute approximate surface area is 243 Å². The zero-order valence-corrected chi connectivity index (χ0v) is 24.9. The van der Waals surface area contributed by atoms with Crippen LogP contribution in [0.15, 0.2) is 71.2 Å². The molecule has 0 bridgehead atoms. The average Bonchev–Trinajstić information content (AvgIpc) is 2.90. The molecule has 202 valence electrons. The summed E-state index contributed by atoms with van der Waals surface area (Å²) in [5.41, 5.74) is 2.86. The number of halogens is 3. The SMILES string of the molecule is CCc1ccc(OCC(=O)N(Cc2ccc(Cl)c(Cl)c2)[C@@H](Cc2ccccc2)C(=O)NCC(C)C)c(Br)c1. The molecule has 3 rings (SSSR count). The molecule has 0 saturated heterocycles. The van der Waals surface area contributed by atoms with Gasteiger partial charge in [0.15, 0.2) is 6.61 Å². The molecular weight excluding hydrogens is 587 g/mol. The molecule has 8 heteroatoms. The summed E-state index contributed by atoms with van der Waals surface area (Å²) in [5, 5.41) is 3.82. The smallest absolute Gasteiger partial charge is 0.261 e. The first-order valence-corrected chi connectivity index (χ1v) is 14.2. The topological polar surface area (TPSA) is 58.6 Å². The fourth-order valence-electron chi connectivity index (χ4n) is 3.91. The van der Waals surface area contributed by atoms with Crippen LogP contribution in [-0.2, 0) is 29.0 Å². The quantitative estimate of drug-likeness (QED) is 0.235. The maximum Gasteiger partial charge on any atom is 0.261 e. The minimum absolute atomic E-state index is 0.168. The molecule has 3 aromatic carbocycles. The standard InChI is InChI=1S/C30H33BrCl2N2O3/c1-4-21-11-13-28(24(31)14-21)38-19-29(36)35(18-23-10-12-25(32)26(33)15-23)27(30(37)34-17-20(2)3)16-22-8-6-5-7-9-22/h5-15,20,27H,4,16-19H2,1-3H3,(H,34,37)/t27-/m0/s1. The Kier molecular flexibility index (Phi) is 11.5. The van der Waals surface area contributed by atoms with Crippen LogP contribution in [0.4, 0.5) is 0 Å². The van der Waals surface area contributed by atoms with Crippen molar-refractivity contribution in [3.63, 3.8) is 0 Å². The van der Waals surface area contributed by atoms with Crippen LogP contribution in [0.1, 0.15) is 37.5 Å². The summed E-state index contributed by atoms with van der Waals surface area (Å²) < 4.78 is 6.70. The third kappa shape index (κ3) is 8.75. The predicted octanol–water partition coefficient (Wildman–Crippen LogP) is 7.11. The molecule has 0 heterocycles. The number of nitrogens with one attached hydrogen (secondary N) is 1. The molecule has 1 atom stereocenters. The fourth-order valence-corrected chi connectivity index (χ4v) is 4.78. The molecule has 0 aromatic heterocycles. The molecule has 1 N–H and O–H groups in total. The lowest BCUT2D eigenvalue weighted by Gasteiger charge is -2.32. The maximum absolute atomic E-state index is 13.7. The van der Waals surface area contributed by atoms with E-state index in [4.69, 9.17) is 27.9 Å². The average molecular weight is 620 g/mol. The number of aryl methyl sites for hydroxylation is 1. The third-order valence-corrected chi connectivity index (χ3v) is 7.41. The van der Waals surface area contributed by atoms with E-state index >= 15 is 0 Å². The van der Waals surface area contributed by atoms with Crippen molar-refractivity contribution in [3.8, 4) is 5.75 Å². The number of carbonyl (C=O) groups excluding carboxylic acids is 2. The van der Waals surface area contributed by atoms with Crippen molar-refractivity contribution in [2.45, 2.75) is 46.2 Å². The second-order valence-electron chi connectivity index (χ2n) is 9.52. The highest BCUT2D eigenvalue weighted by atomic mass is 79.9. The Morgan fingerprint density at radius 1 is 0.947 bits per heavy atom. The molecule has 38 heavy (non-hydrogen) atoms. The first-order chi connectivity index (χ1) is 18.2. The summed E-state index contributed by atoms with van der Waals surface area (Å²) in [4.78, 5) is 28.8. The number of ether oxygens (including phenoxy) is 1. The van der Waals surface area contributed by atoms with E-state index in [0.29, 0.717) is 28.8 Å². The first kappa shape index (κ1) is 30.0. The van der Waals surface area contributed by atoms with Crippen molar-refractivity contribution in [2.24, 2.45) is 5.92 Å². The van der Waals surface area contributed by atoms with Gasteiger partial charge in [0.25, 0.3) is 5.91 Å². The minimum atomic E-state index is -0.757. The van der Waals surface area contributed by atoms with E-state index in [-0.39, 0.29) is 30.9 Å². The van der Waals surface area contributed by atoms with Gasteiger partial charge in [0.2, 0.25) is 5.91 Å². The van der Waals surface area contributed by atoms with Gasteiger partial charge in [-0.2, -0.15) is 0 Å². The number of hydrogen-bond acceptors (Lipinski definition) is 3. The molecule has 0 radical (unpaired) electrons. The Bertz CT molecular complexity index is 1240. The number of amides is 2. The summed E-state index contributed by atoms with van der Waals surface area (Å²) >= 11 is 15.9. The maximum atomic E-state index is 13.7. The van der Waals surface area contributed by atoms with Gasteiger partial charge in [0, 0.05) is 19.5 Å². The van der Waals surface area contributed by atoms with Crippen molar-refractivity contribution in [1.29, 1.82) is 0 Å². The van der Waals surface area contributed by atoms with Gasteiger partial charge in [0.05, 0.1) is 14.5 Å². The van der Waals surface area contributed by atoms with Crippen LogP contribution in [0.5, 0.6) is 5.75 Å². The van der Waals surface area contributed by atoms with Crippen molar-refractivity contribution in [1.82, 2.24) is 10.2 Å². The second kappa shape index (κ2) is 14.6. The highest BCUT2D eigenvalue weighted by molar-refractivity contribution is 9.10. The molecule has 5 nitrogen and oxygen atoms in total. The summed E-state index contributed by atoms with van der Waals surface area (Å²) in [6.45, 7) is 6.58. The third-order valence-electron chi connectivity index (χ3n) is 6.05. The lowest BCUT2D eigenvalue weighted by atomic mass is 10.0. The Morgan fingerprint density at radius 3 is 2.29 bits per heavy atom. The zero-order valence-electron chi connectivity index (χ0n) is 21.8. The number of hydrogen-bond donors (Lipinski definition) is 1. The largest absolute Gasteiger partial charge is 0.483 e. The van der Waals surface area contributed by atoms with E-state index in [0.717, 1.165) is 27.6 Å². The van der Waals surface area contributed by atoms with E-state index in [1.807, 2.05) is 62.4 Å². The zero-order chi connectivity index (χ0) is 27.7. The predicted molar refractivity (Wildman–Crippen MR) is 158 cm³/mol. The van der Waals surface area contributed by atoms with Gasteiger partial charge in [-0.1, -0.05) is 86.4 Å². The summed E-state index contributed by atoms with van der Waals surface area (Å²) in [6.07, 6.45) is 1.24. The molecule has 0 spiro atoms. The normalized spacial score (nSPS) is 11.8. The fraction of sp³-hybridized carbons (Fsp3) is 0.333. The molecule has 2 amide bonds. The van der Waals surface area contributed by atoms with E-state index in [1.165, 1.54) is 0 Å². The number of benzene rings is 3. The van der Waals surface area contributed by atoms with E-state index in [2.05, 4.69) is 28.2 Å². The van der Waals surface area contributed by atoms with Crippen LogP contribution in [0.25, 0.3) is 0 Å². The van der Waals surface area contributed by atoms with Gasteiger partial charge < -0.3 is 15.0 Å². The summed E-state index contributed by atoms with van der Waals surface area (Å²) in [7, 11) is 0. The van der Waals surface area contributed by atoms with Gasteiger partial charge in [-0.25, -0.2) is 0 Å². The van der Waals surface area contributed by atoms with Crippen LogP contribution in [0.2, 0.25) is 10.0 Å². The van der Waals surface area contributed by atoms with Crippen LogP contribution in [-0.4, -0.2) is 35.9 Å². The Hall–Kier alpha value is -2.54. The minimum Gasteiger partial charge on any atom is -0.483 e. The Balaban J connectivity index is 1.92. The molecular formula is C30H33BrCl2N2O3. The van der Waals surface area contributed by atoms with Crippen molar-refractivity contribution < 1.29 is 14.3 Å². The lowest BCUT2D eigenvalue weighted by molar-refractivity contribution is -0.142. The van der Waals surface area contributed by atoms with Gasteiger partial charge in [-0.3, -0.25) is 9.59 Å². The first-order valence-electron chi connectivity index (χ1n) is 12.6. The highest BCUT2D eigenvalue weighted by Crippen LogP contribution is 2.27. The van der Waals surface area contributed by atoms with Gasteiger partial charge in [0.1, 0.15) is 11.8 Å². The van der Waals surface area contributed by atoms with Crippen LogP contribution in [0, 0.1) is 5.92 Å². The van der Waals surface area contributed by atoms with Gasteiger partial charge in [-0.05, 0) is 69.2 Å². The molecule has 3 aromatic rings. The molecule has 0 aliphatic heterocycles. The van der Waals surface area contributed by atoms with Crippen molar-refractivity contribution in [2.75, 3.05) is 13.2 Å². The van der Waals surface area contributed by atoms with Crippen LogP contribution >= 0.6 is 39.1 Å². The van der Waals surface area contributed by atoms with E-state index < -0.39 is 6.04 Å². The van der Waals surface area contributed by atoms with Crippen LogP contribution < -0.4 is 10.1 Å². The number of carbonyl (C=O) groups is 2. The van der Waals surface area contributed by atoms with Crippen LogP contribution in [0.3, 0.4) is 0 Å².